The number of furan rings is 1. The van der Waals surface area contributed by atoms with Gasteiger partial charge >= 0.3 is 5.97 Å². The SMILES string of the molecule is Cc1ccc(S(=O)(=O)NCc2ccco2)cc1C(=O)OCc1cccc([N+](=O)[O-])c1. The Morgan fingerprint density at radius 1 is 1.17 bits per heavy atom. The van der Waals surface area contributed by atoms with Gasteiger partial charge in [-0.25, -0.2) is 17.9 Å². The van der Waals surface area contributed by atoms with Gasteiger partial charge in [0.25, 0.3) is 5.69 Å². The Balaban J connectivity index is 1.73. The lowest BCUT2D eigenvalue weighted by atomic mass is 10.1. The number of non-ortho nitro benzene ring substituents is 1. The number of esters is 1. The molecule has 9 nitrogen and oxygen atoms in total. The number of hydrogen-bond acceptors (Lipinski definition) is 7. The standard InChI is InChI=1S/C20H18N2O7S/c1-14-7-8-18(30(26,27)21-12-17-6-3-9-28-17)11-19(14)20(23)29-13-15-4-2-5-16(10-15)22(24)25/h2-11,21H,12-13H2,1H3. The maximum absolute atomic E-state index is 12.5. The Morgan fingerprint density at radius 2 is 1.97 bits per heavy atom. The Bertz CT molecular complexity index is 1170. The summed E-state index contributed by atoms with van der Waals surface area (Å²) in [6.45, 7) is 1.43. The van der Waals surface area contributed by atoms with Crippen LogP contribution < -0.4 is 4.72 Å². The number of sulfonamides is 1. The van der Waals surface area contributed by atoms with Gasteiger partial charge in [-0.1, -0.05) is 18.2 Å². The summed E-state index contributed by atoms with van der Waals surface area (Å²) in [5.74, 6) is -0.288. The summed E-state index contributed by atoms with van der Waals surface area (Å²) in [6.07, 6.45) is 1.44. The molecule has 1 aromatic heterocycles. The minimum Gasteiger partial charge on any atom is -0.468 e. The van der Waals surface area contributed by atoms with Crippen LogP contribution >= 0.6 is 0 Å². The van der Waals surface area contributed by atoms with Crippen LogP contribution in [-0.2, 0) is 27.9 Å². The Labute approximate surface area is 172 Å². The predicted octanol–water partition coefficient (Wildman–Crippen LogP) is 3.33. The molecule has 0 atom stereocenters. The van der Waals surface area contributed by atoms with E-state index in [4.69, 9.17) is 9.15 Å². The van der Waals surface area contributed by atoms with Gasteiger partial charge in [0, 0.05) is 12.1 Å². The second kappa shape index (κ2) is 8.89. The van der Waals surface area contributed by atoms with Gasteiger partial charge in [-0.15, -0.1) is 0 Å². The molecule has 0 aliphatic carbocycles. The van der Waals surface area contributed by atoms with Crippen LogP contribution in [0.25, 0.3) is 0 Å². The highest BCUT2D eigenvalue weighted by atomic mass is 32.2. The molecule has 30 heavy (non-hydrogen) atoms. The van der Waals surface area contributed by atoms with Gasteiger partial charge in [0.1, 0.15) is 12.4 Å². The van der Waals surface area contributed by atoms with Crippen LogP contribution in [0.2, 0.25) is 0 Å². The molecule has 0 bridgehead atoms. The van der Waals surface area contributed by atoms with E-state index in [1.807, 2.05) is 0 Å². The monoisotopic (exact) mass is 430 g/mol. The second-order valence-corrected chi connectivity index (χ2v) is 8.15. The molecule has 0 aliphatic rings. The van der Waals surface area contributed by atoms with Gasteiger partial charge in [-0.3, -0.25) is 10.1 Å². The molecule has 3 aromatic rings. The number of ether oxygens (including phenoxy) is 1. The number of carbonyl (C=O) groups is 1. The van der Waals surface area contributed by atoms with Crippen molar-refractivity contribution in [2.45, 2.75) is 25.0 Å². The average Bonchev–Trinajstić information content (AvgIpc) is 3.25. The number of aryl methyl sites for hydroxylation is 1. The maximum atomic E-state index is 12.5. The second-order valence-electron chi connectivity index (χ2n) is 6.38. The largest absolute Gasteiger partial charge is 0.468 e. The van der Waals surface area contributed by atoms with Crippen LogP contribution in [0.3, 0.4) is 0 Å². The van der Waals surface area contributed by atoms with E-state index in [-0.39, 0.29) is 29.3 Å². The number of carbonyl (C=O) groups excluding carboxylic acids is 1. The number of benzene rings is 2. The number of nitro benzene ring substituents is 1. The molecule has 2 aromatic carbocycles. The Morgan fingerprint density at radius 3 is 2.67 bits per heavy atom. The number of rotatable bonds is 8. The molecule has 0 radical (unpaired) electrons. The molecule has 156 valence electrons. The summed E-state index contributed by atoms with van der Waals surface area (Å²) in [6, 6.07) is 13.1. The van der Waals surface area contributed by atoms with Crippen molar-refractivity contribution in [2.24, 2.45) is 0 Å². The zero-order valence-corrected chi connectivity index (χ0v) is 16.7. The van der Waals surface area contributed by atoms with Crippen molar-refractivity contribution in [3.8, 4) is 0 Å². The summed E-state index contributed by atoms with van der Waals surface area (Å²) in [7, 11) is -3.88. The van der Waals surface area contributed by atoms with E-state index in [0.29, 0.717) is 16.9 Å². The molecule has 3 rings (SSSR count). The smallest absolute Gasteiger partial charge is 0.338 e. The van der Waals surface area contributed by atoms with Crippen LogP contribution in [0.4, 0.5) is 5.69 Å². The van der Waals surface area contributed by atoms with Crippen molar-refractivity contribution in [2.75, 3.05) is 0 Å². The van der Waals surface area contributed by atoms with Crippen molar-refractivity contribution in [1.82, 2.24) is 4.72 Å². The molecule has 0 saturated carbocycles. The Hall–Kier alpha value is -3.50. The number of nitrogens with one attached hydrogen (secondary N) is 1. The predicted molar refractivity (Wildman–Crippen MR) is 106 cm³/mol. The zero-order chi connectivity index (χ0) is 21.7. The third-order valence-electron chi connectivity index (χ3n) is 4.25. The fourth-order valence-electron chi connectivity index (χ4n) is 2.64. The summed E-state index contributed by atoms with van der Waals surface area (Å²) in [5.41, 5.74) is 0.944. The van der Waals surface area contributed by atoms with Crippen LogP contribution in [0.5, 0.6) is 0 Å². The average molecular weight is 430 g/mol. The Kier molecular flexibility index (Phi) is 6.28. The first kappa shape index (κ1) is 21.2. The van der Waals surface area contributed by atoms with Crippen LogP contribution in [0.1, 0.15) is 27.2 Å². The van der Waals surface area contributed by atoms with Gasteiger partial charge in [-0.2, -0.15) is 0 Å². The third kappa shape index (κ3) is 5.10. The fourth-order valence-corrected chi connectivity index (χ4v) is 3.66. The first-order chi connectivity index (χ1) is 14.3. The highest BCUT2D eigenvalue weighted by molar-refractivity contribution is 7.89. The van der Waals surface area contributed by atoms with Gasteiger partial charge in [0.05, 0.1) is 28.2 Å². The van der Waals surface area contributed by atoms with Crippen molar-refractivity contribution >= 4 is 21.7 Å². The summed E-state index contributed by atoms with van der Waals surface area (Å²) < 4.78 is 37.8. The van der Waals surface area contributed by atoms with Crippen molar-refractivity contribution in [3.05, 3.63) is 93.4 Å². The molecule has 0 saturated heterocycles. The minimum atomic E-state index is -3.88. The molecular formula is C20H18N2O7S. The van der Waals surface area contributed by atoms with E-state index < -0.39 is 20.9 Å². The van der Waals surface area contributed by atoms with Crippen molar-refractivity contribution in [3.63, 3.8) is 0 Å². The molecule has 0 spiro atoms. The summed E-state index contributed by atoms with van der Waals surface area (Å²) in [5, 5.41) is 10.8. The van der Waals surface area contributed by atoms with Crippen molar-refractivity contribution < 1.29 is 27.3 Å². The molecule has 0 aliphatic heterocycles. The van der Waals surface area contributed by atoms with Gasteiger partial charge in [0.15, 0.2) is 0 Å². The first-order valence-electron chi connectivity index (χ1n) is 8.79. The molecule has 1 N–H and O–H groups in total. The normalized spacial score (nSPS) is 11.2. The maximum Gasteiger partial charge on any atom is 0.338 e. The van der Waals surface area contributed by atoms with Crippen LogP contribution in [0.15, 0.2) is 70.2 Å². The van der Waals surface area contributed by atoms with Crippen LogP contribution in [0, 0.1) is 17.0 Å². The van der Waals surface area contributed by atoms with Crippen molar-refractivity contribution in [1.29, 1.82) is 0 Å². The van der Waals surface area contributed by atoms with E-state index in [1.165, 1.54) is 42.7 Å². The van der Waals surface area contributed by atoms with Gasteiger partial charge in [-0.05, 0) is 42.3 Å². The zero-order valence-electron chi connectivity index (χ0n) is 15.9. The van der Waals surface area contributed by atoms with Gasteiger partial charge in [0.2, 0.25) is 10.0 Å². The lowest BCUT2D eigenvalue weighted by Gasteiger charge is -2.10. The summed E-state index contributed by atoms with van der Waals surface area (Å²) >= 11 is 0. The molecule has 10 heteroatoms. The number of hydrogen-bond donors (Lipinski definition) is 1. The summed E-state index contributed by atoms with van der Waals surface area (Å²) in [4.78, 5) is 22.7. The lowest BCUT2D eigenvalue weighted by molar-refractivity contribution is -0.384. The van der Waals surface area contributed by atoms with E-state index in [9.17, 15) is 23.3 Å². The third-order valence-corrected chi connectivity index (χ3v) is 5.65. The topological polar surface area (TPSA) is 129 Å². The highest BCUT2D eigenvalue weighted by Gasteiger charge is 2.19. The lowest BCUT2D eigenvalue weighted by Crippen LogP contribution is -2.23. The number of nitro groups is 1. The molecule has 0 unspecified atom stereocenters. The molecule has 1 heterocycles. The van der Waals surface area contributed by atoms with E-state index >= 15 is 0 Å². The number of nitrogens with zero attached hydrogens (tertiary/aromatic N) is 1. The molecule has 0 amide bonds. The first-order valence-corrected chi connectivity index (χ1v) is 10.3. The van der Waals surface area contributed by atoms with Crippen LogP contribution in [-0.4, -0.2) is 19.3 Å². The molecular weight excluding hydrogens is 412 g/mol. The quantitative estimate of drug-likeness (QED) is 0.330. The van der Waals surface area contributed by atoms with E-state index in [0.717, 1.165) is 0 Å². The molecule has 0 fully saturated rings. The van der Waals surface area contributed by atoms with E-state index in [1.54, 1.807) is 25.1 Å². The fraction of sp³-hybridized carbons (Fsp3) is 0.150. The van der Waals surface area contributed by atoms with E-state index in [2.05, 4.69) is 4.72 Å². The minimum absolute atomic E-state index is 0.0320. The highest BCUT2D eigenvalue weighted by Crippen LogP contribution is 2.19. The van der Waals surface area contributed by atoms with Gasteiger partial charge < -0.3 is 9.15 Å².